The Hall–Kier alpha value is 1.88. The maximum absolute atomic E-state index is 6.23. The molecule has 0 heterocycles. The van der Waals surface area contributed by atoms with Crippen LogP contribution in [0.25, 0.3) is 0 Å². The van der Waals surface area contributed by atoms with Crippen LogP contribution in [-0.4, -0.2) is 24.2 Å². The molecule has 0 spiro atoms. The summed E-state index contributed by atoms with van der Waals surface area (Å²) in [7, 11) is 3.56. The van der Waals surface area contributed by atoms with Crippen LogP contribution in [0.15, 0.2) is 0 Å². The van der Waals surface area contributed by atoms with Gasteiger partial charge in [-0.1, -0.05) is 0 Å². The third-order valence-electron chi connectivity index (χ3n) is 2.61. The summed E-state index contributed by atoms with van der Waals surface area (Å²) in [6.45, 7) is 17.9. The van der Waals surface area contributed by atoms with Crippen molar-refractivity contribution in [1.29, 1.82) is 0 Å². The number of rotatable bonds is 6. The molecule has 0 aliphatic rings. The summed E-state index contributed by atoms with van der Waals surface area (Å²) >= 11 is -0.931. The molecule has 0 rings (SSSR count). The number of hydrogen-bond acceptors (Lipinski definition) is 0. The van der Waals surface area contributed by atoms with Crippen LogP contribution in [0.3, 0.4) is 0 Å². The first-order valence-electron chi connectivity index (χ1n) is 6.04. The summed E-state index contributed by atoms with van der Waals surface area (Å²) in [5.41, 5.74) is 3.24. The Kier molecular flexibility index (Phi) is 6.93. The van der Waals surface area contributed by atoms with Gasteiger partial charge in [0.1, 0.15) is 0 Å². The van der Waals surface area contributed by atoms with E-state index in [4.69, 9.17) is 8.25 Å². The SMILES string of the molecule is C[Si](C)(C)C[Si](C)([CH2][Hg][Cl])C[Si](C)(C)C. The predicted octanol–water partition coefficient (Wildman–Crippen LogP) is 5.01. The van der Waals surface area contributed by atoms with Gasteiger partial charge in [0.15, 0.2) is 0 Å². The van der Waals surface area contributed by atoms with Gasteiger partial charge in [-0.25, -0.2) is 0 Å². The zero-order chi connectivity index (χ0) is 12.3. The summed E-state index contributed by atoms with van der Waals surface area (Å²) in [4.78, 5) is 0. The molecule has 0 N–H and O–H groups in total. The Balaban J connectivity index is 4.59. The summed E-state index contributed by atoms with van der Waals surface area (Å²) < 4.78 is 1.56. The molecule has 0 unspecified atom stereocenters. The van der Waals surface area contributed by atoms with E-state index in [0.717, 1.165) is 0 Å². The van der Waals surface area contributed by atoms with E-state index in [1.165, 1.54) is 0 Å². The Morgan fingerprint density at radius 1 is 0.800 bits per heavy atom. The zero-order valence-electron chi connectivity index (χ0n) is 11.7. The van der Waals surface area contributed by atoms with Gasteiger partial charge in [-0.2, -0.15) is 0 Å². The first kappa shape index (κ1) is 16.9. The standard InChI is InChI=1S/C10H27Si3.ClH.Hg/c1-11(2,3)9-13(7,8)10-12(4,5)6;;/h7,9-10H2,1-6,8H3;1H;/q;;+1/p-1. The van der Waals surface area contributed by atoms with E-state index in [1.807, 2.05) is 0 Å². The first-order valence-corrected chi connectivity index (χ1v) is 27.2. The van der Waals surface area contributed by atoms with Gasteiger partial charge in [0.05, 0.1) is 0 Å². The molecule has 0 aromatic rings. The number of hydrogen-bond donors (Lipinski definition) is 0. The molecule has 0 nitrogen and oxygen atoms in total. The molecule has 0 radical (unpaired) electrons. The number of halogens is 1. The Labute approximate surface area is 115 Å². The molecule has 0 aromatic carbocycles. The fraction of sp³-hybridized carbons (Fsp3) is 1.00. The third-order valence-corrected chi connectivity index (χ3v) is 40.6. The molecule has 0 atom stereocenters. The monoisotopic (exact) mass is 468 g/mol. The molecular formula is C10H27ClHgSi3. The van der Waals surface area contributed by atoms with Crippen LogP contribution in [0, 0.1) is 0 Å². The van der Waals surface area contributed by atoms with Crippen LogP contribution >= 0.6 is 8.25 Å². The van der Waals surface area contributed by atoms with Crippen LogP contribution < -0.4 is 0 Å². The second kappa shape index (κ2) is 6.16. The summed E-state index contributed by atoms with van der Waals surface area (Å²) in [6.07, 6.45) is 0. The van der Waals surface area contributed by atoms with Crippen molar-refractivity contribution in [2.45, 2.75) is 60.7 Å². The zero-order valence-corrected chi connectivity index (χ0v) is 21.0. The fourth-order valence-corrected chi connectivity index (χ4v) is 56.7. The molecule has 0 fully saturated rings. The second-order valence-corrected chi connectivity index (χ2v) is 35.5. The summed E-state index contributed by atoms with van der Waals surface area (Å²) in [6, 6.07) is 0. The fourth-order valence-electron chi connectivity index (χ4n) is 3.03. The van der Waals surface area contributed by atoms with Crippen LogP contribution in [0.2, 0.25) is 60.7 Å². The summed E-state index contributed by atoms with van der Waals surface area (Å²) in [5.74, 6) is 0. The van der Waals surface area contributed by atoms with E-state index < -0.39 is 47.6 Å². The van der Waals surface area contributed by atoms with Gasteiger partial charge >= 0.3 is 117 Å². The minimum absolute atomic E-state index is 0.869. The van der Waals surface area contributed by atoms with Gasteiger partial charge in [0.25, 0.3) is 0 Å². The molecular weight excluding hydrogens is 440 g/mol. The van der Waals surface area contributed by atoms with E-state index in [2.05, 4.69) is 45.8 Å². The van der Waals surface area contributed by atoms with Crippen molar-refractivity contribution in [1.82, 2.24) is 0 Å². The molecule has 0 saturated heterocycles. The van der Waals surface area contributed by atoms with E-state index in [-0.39, 0.29) is 0 Å². The van der Waals surface area contributed by atoms with Gasteiger partial charge in [0.2, 0.25) is 0 Å². The third kappa shape index (κ3) is 9.57. The Bertz CT molecular complexity index is 180. The second-order valence-electron chi connectivity index (χ2n) is 7.72. The Morgan fingerprint density at radius 3 is 1.33 bits per heavy atom. The van der Waals surface area contributed by atoms with Crippen molar-refractivity contribution >= 4 is 32.5 Å². The van der Waals surface area contributed by atoms with Gasteiger partial charge in [-0.15, -0.1) is 0 Å². The normalized spacial score (nSPS) is 13.9. The van der Waals surface area contributed by atoms with E-state index in [1.54, 1.807) is 14.9 Å². The van der Waals surface area contributed by atoms with Crippen molar-refractivity contribution in [2.24, 2.45) is 0 Å². The predicted molar refractivity (Wildman–Crippen MR) is 78.6 cm³/mol. The quantitative estimate of drug-likeness (QED) is 0.482. The molecule has 0 aliphatic carbocycles. The minimum atomic E-state index is -0.931. The molecule has 0 aromatic heterocycles. The van der Waals surface area contributed by atoms with Gasteiger partial charge in [-0.05, 0) is 0 Å². The van der Waals surface area contributed by atoms with Crippen LogP contribution in [0.1, 0.15) is 0 Å². The maximum atomic E-state index is 6.23. The van der Waals surface area contributed by atoms with Crippen LogP contribution in [-0.2, 0) is 23.3 Å². The topological polar surface area (TPSA) is 0 Å². The molecule has 0 amide bonds. The molecule has 0 bridgehead atoms. The van der Waals surface area contributed by atoms with E-state index in [0.29, 0.717) is 0 Å². The molecule has 0 aliphatic heterocycles. The van der Waals surface area contributed by atoms with Crippen LogP contribution in [0.4, 0.5) is 0 Å². The van der Waals surface area contributed by atoms with Crippen molar-refractivity contribution in [3.05, 3.63) is 0 Å². The molecule has 0 saturated carbocycles. The molecule has 88 valence electrons. The van der Waals surface area contributed by atoms with Crippen LogP contribution in [0.5, 0.6) is 0 Å². The van der Waals surface area contributed by atoms with Crippen molar-refractivity contribution < 1.29 is 23.3 Å². The van der Waals surface area contributed by atoms with Crippen molar-refractivity contribution in [2.75, 3.05) is 0 Å². The van der Waals surface area contributed by atoms with Crippen molar-refractivity contribution in [3.63, 3.8) is 0 Å². The average Bonchev–Trinajstić information content (AvgIpc) is 1.74. The van der Waals surface area contributed by atoms with E-state index in [9.17, 15) is 0 Å². The Morgan fingerprint density at radius 2 is 1.13 bits per heavy atom. The van der Waals surface area contributed by atoms with Gasteiger partial charge in [-0.3, -0.25) is 0 Å². The van der Waals surface area contributed by atoms with Crippen molar-refractivity contribution in [3.8, 4) is 0 Å². The van der Waals surface area contributed by atoms with Gasteiger partial charge in [0, 0.05) is 0 Å². The molecule has 5 heteroatoms. The van der Waals surface area contributed by atoms with E-state index >= 15 is 0 Å². The summed E-state index contributed by atoms with van der Waals surface area (Å²) in [5, 5.41) is 0. The first-order chi connectivity index (χ1) is 6.47. The average molecular weight is 468 g/mol. The molecule has 15 heavy (non-hydrogen) atoms. The van der Waals surface area contributed by atoms with Gasteiger partial charge < -0.3 is 0 Å².